The maximum Gasteiger partial charge on any atom is 0.251 e. The number of hydrogen-bond donors (Lipinski definition) is 1. The molecule has 0 spiro atoms. The lowest BCUT2D eigenvalue weighted by molar-refractivity contribution is 0.0939. The third-order valence-electron chi connectivity index (χ3n) is 3.35. The second-order valence-electron chi connectivity index (χ2n) is 4.81. The molecule has 0 bridgehead atoms. The molecule has 0 saturated heterocycles. The second-order valence-corrected chi connectivity index (χ2v) is 4.81. The summed E-state index contributed by atoms with van der Waals surface area (Å²) in [7, 11) is 0. The standard InChI is InChI=1S/C16H14FNO3/c1-10(11-2-5-13(17)6-3-11)18-16(19)12-4-7-14-15(8-12)21-9-20-14/h2-8,10H,9H2,1H3,(H,18,19)/t10-/m0/s1. The number of carbonyl (C=O) groups excluding carboxylic acids is 1. The Morgan fingerprint density at radius 1 is 1.14 bits per heavy atom. The lowest BCUT2D eigenvalue weighted by Gasteiger charge is -2.14. The third kappa shape index (κ3) is 2.81. The molecule has 1 atom stereocenters. The fourth-order valence-corrected chi connectivity index (χ4v) is 2.15. The number of ether oxygens (including phenoxy) is 2. The van der Waals surface area contributed by atoms with E-state index in [9.17, 15) is 9.18 Å². The van der Waals surface area contributed by atoms with Crippen molar-refractivity contribution in [2.75, 3.05) is 6.79 Å². The third-order valence-corrected chi connectivity index (χ3v) is 3.35. The molecule has 5 heteroatoms. The summed E-state index contributed by atoms with van der Waals surface area (Å²) in [4.78, 5) is 12.2. The minimum Gasteiger partial charge on any atom is -0.454 e. The van der Waals surface area contributed by atoms with E-state index in [1.807, 2.05) is 6.92 Å². The van der Waals surface area contributed by atoms with Crippen LogP contribution < -0.4 is 14.8 Å². The van der Waals surface area contributed by atoms with Crippen molar-refractivity contribution < 1.29 is 18.7 Å². The minimum absolute atomic E-state index is 0.173. The van der Waals surface area contributed by atoms with Gasteiger partial charge >= 0.3 is 0 Å². The predicted molar refractivity (Wildman–Crippen MR) is 74.8 cm³/mol. The Bertz CT molecular complexity index is 670. The van der Waals surface area contributed by atoms with Crippen molar-refractivity contribution in [2.24, 2.45) is 0 Å². The van der Waals surface area contributed by atoms with E-state index in [-0.39, 0.29) is 24.6 Å². The summed E-state index contributed by atoms with van der Waals surface area (Å²) in [6, 6.07) is 10.9. The largest absolute Gasteiger partial charge is 0.454 e. The van der Waals surface area contributed by atoms with Crippen molar-refractivity contribution in [2.45, 2.75) is 13.0 Å². The number of halogens is 1. The zero-order chi connectivity index (χ0) is 14.8. The van der Waals surface area contributed by atoms with E-state index in [4.69, 9.17) is 9.47 Å². The first-order valence-electron chi connectivity index (χ1n) is 6.59. The zero-order valence-corrected chi connectivity index (χ0v) is 11.4. The summed E-state index contributed by atoms with van der Waals surface area (Å²) in [5, 5.41) is 2.87. The van der Waals surface area contributed by atoms with Crippen molar-refractivity contribution >= 4 is 5.91 Å². The van der Waals surface area contributed by atoms with Crippen molar-refractivity contribution in [3.05, 3.63) is 59.4 Å². The molecule has 1 aliphatic heterocycles. The van der Waals surface area contributed by atoms with E-state index in [0.29, 0.717) is 17.1 Å². The molecule has 3 rings (SSSR count). The molecule has 0 aliphatic carbocycles. The molecule has 1 heterocycles. The Hall–Kier alpha value is -2.56. The Balaban J connectivity index is 1.72. The van der Waals surface area contributed by atoms with Gasteiger partial charge in [-0.3, -0.25) is 4.79 Å². The summed E-state index contributed by atoms with van der Waals surface area (Å²) in [6.07, 6.45) is 0. The molecule has 0 aromatic heterocycles. The summed E-state index contributed by atoms with van der Waals surface area (Å²) >= 11 is 0. The predicted octanol–water partition coefficient (Wildman–Crippen LogP) is 3.05. The zero-order valence-electron chi connectivity index (χ0n) is 11.4. The first-order chi connectivity index (χ1) is 10.1. The molecule has 0 fully saturated rings. The summed E-state index contributed by atoms with van der Waals surface area (Å²) in [6.45, 7) is 2.02. The summed E-state index contributed by atoms with van der Waals surface area (Å²) in [5.41, 5.74) is 1.33. The van der Waals surface area contributed by atoms with Crippen LogP contribution in [0.15, 0.2) is 42.5 Å². The average molecular weight is 287 g/mol. The van der Waals surface area contributed by atoms with Gasteiger partial charge in [0.05, 0.1) is 6.04 Å². The molecule has 4 nitrogen and oxygen atoms in total. The van der Waals surface area contributed by atoms with Gasteiger partial charge in [-0.05, 0) is 42.8 Å². The van der Waals surface area contributed by atoms with Crippen LogP contribution in [-0.4, -0.2) is 12.7 Å². The molecule has 0 unspecified atom stereocenters. The van der Waals surface area contributed by atoms with E-state index in [0.717, 1.165) is 5.56 Å². The molecule has 108 valence electrons. The number of benzene rings is 2. The minimum atomic E-state index is -0.298. The number of carbonyl (C=O) groups is 1. The van der Waals surface area contributed by atoms with Gasteiger partial charge in [-0.25, -0.2) is 4.39 Å². The fraction of sp³-hybridized carbons (Fsp3) is 0.188. The number of nitrogens with one attached hydrogen (secondary N) is 1. The highest BCUT2D eigenvalue weighted by atomic mass is 19.1. The van der Waals surface area contributed by atoms with E-state index in [2.05, 4.69) is 5.32 Å². The maximum atomic E-state index is 12.9. The number of amides is 1. The van der Waals surface area contributed by atoms with Crippen molar-refractivity contribution in [3.8, 4) is 11.5 Å². The average Bonchev–Trinajstić information content (AvgIpc) is 2.95. The van der Waals surface area contributed by atoms with E-state index in [1.54, 1.807) is 30.3 Å². The van der Waals surface area contributed by atoms with Crippen molar-refractivity contribution in [1.82, 2.24) is 5.32 Å². The van der Waals surface area contributed by atoms with Crippen LogP contribution in [0, 0.1) is 5.82 Å². The molecule has 21 heavy (non-hydrogen) atoms. The molecule has 0 saturated carbocycles. The molecule has 2 aromatic rings. The lowest BCUT2D eigenvalue weighted by Crippen LogP contribution is -2.26. The molecule has 1 aliphatic rings. The topological polar surface area (TPSA) is 47.6 Å². The Morgan fingerprint density at radius 2 is 1.86 bits per heavy atom. The van der Waals surface area contributed by atoms with Crippen LogP contribution in [-0.2, 0) is 0 Å². The first kappa shape index (κ1) is 13.4. The van der Waals surface area contributed by atoms with Gasteiger partial charge in [-0.1, -0.05) is 12.1 Å². The number of hydrogen-bond acceptors (Lipinski definition) is 3. The van der Waals surface area contributed by atoms with Crippen LogP contribution >= 0.6 is 0 Å². The van der Waals surface area contributed by atoms with Gasteiger partial charge in [-0.2, -0.15) is 0 Å². The second kappa shape index (κ2) is 5.44. The summed E-state index contributed by atoms with van der Waals surface area (Å²) < 4.78 is 23.3. The van der Waals surface area contributed by atoms with Crippen molar-refractivity contribution in [1.29, 1.82) is 0 Å². The highest BCUT2D eigenvalue weighted by molar-refractivity contribution is 5.95. The van der Waals surface area contributed by atoms with E-state index < -0.39 is 0 Å². The van der Waals surface area contributed by atoms with Crippen LogP contribution in [0.4, 0.5) is 4.39 Å². The van der Waals surface area contributed by atoms with E-state index in [1.165, 1.54) is 12.1 Å². The van der Waals surface area contributed by atoms with Crippen LogP contribution in [0.1, 0.15) is 28.9 Å². The molecule has 1 N–H and O–H groups in total. The molecule has 1 amide bonds. The van der Waals surface area contributed by atoms with Gasteiger partial charge in [-0.15, -0.1) is 0 Å². The van der Waals surface area contributed by atoms with Gasteiger partial charge in [0.15, 0.2) is 11.5 Å². The van der Waals surface area contributed by atoms with Crippen LogP contribution in [0.3, 0.4) is 0 Å². The first-order valence-corrected chi connectivity index (χ1v) is 6.59. The van der Waals surface area contributed by atoms with Crippen LogP contribution in [0.2, 0.25) is 0 Å². The van der Waals surface area contributed by atoms with Gasteiger partial charge < -0.3 is 14.8 Å². The maximum absolute atomic E-state index is 12.9. The van der Waals surface area contributed by atoms with E-state index >= 15 is 0 Å². The van der Waals surface area contributed by atoms with Gasteiger partial charge in [0, 0.05) is 5.56 Å². The van der Waals surface area contributed by atoms with Crippen molar-refractivity contribution in [3.63, 3.8) is 0 Å². The SMILES string of the molecule is C[C@H](NC(=O)c1ccc2c(c1)OCO2)c1ccc(F)cc1. The molecule has 2 aromatic carbocycles. The van der Waals surface area contributed by atoms with Crippen LogP contribution in [0.25, 0.3) is 0 Å². The highest BCUT2D eigenvalue weighted by Crippen LogP contribution is 2.32. The number of fused-ring (bicyclic) bond motifs is 1. The molecular weight excluding hydrogens is 273 g/mol. The number of rotatable bonds is 3. The monoisotopic (exact) mass is 287 g/mol. The Kier molecular flexibility index (Phi) is 3.48. The Morgan fingerprint density at radius 3 is 2.62 bits per heavy atom. The summed E-state index contributed by atoms with van der Waals surface area (Å²) in [5.74, 6) is 0.688. The van der Waals surface area contributed by atoms with Gasteiger partial charge in [0.25, 0.3) is 5.91 Å². The smallest absolute Gasteiger partial charge is 0.251 e. The lowest BCUT2D eigenvalue weighted by atomic mass is 10.1. The van der Waals surface area contributed by atoms with Gasteiger partial charge in [0.1, 0.15) is 5.82 Å². The van der Waals surface area contributed by atoms with Gasteiger partial charge in [0.2, 0.25) is 6.79 Å². The highest BCUT2D eigenvalue weighted by Gasteiger charge is 2.17. The van der Waals surface area contributed by atoms with Crippen LogP contribution in [0.5, 0.6) is 11.5 Å². The fourth-order valence-electron chi connectivity index (χ4n) is 2.15. The molecule has 0 radical (unpaired) electrons. The quantitative estimate of drug-likeness (QED) is 0.944. The molecular formula is C16H14FNO3. The Labute approximate surface area is 121 Å². The normalized spacial score (nSPS) is 13.8.